The van der Waals surface area contributed by atoms with Crippen LogP contribution in [0.4, 0.5) is 0 Å². The first-order valence-corrected chi connectivity index (χ1v) is 6.45. The number of hydrogen-bond acceptors (Lipinski definition) is 3. The fraction of sp³-hybridized carbons (Fsp3) is 0.917. The second-order valence-electron chi connectivity index (χ2n) is 5.16. The van der Waals surface area contributed by atoms with Crippen LogP contribution in [0.3, 0.4) is 0 Å². The lowest BCUT2D eigenvalue weighted by Crippen LogP contribution is -2.44. The van der Waals surface area contributed by atoms with E-state index in [1.54, 1.807) is 0 Å². The van der Waals surface area contributed by atoms with E-state index in [0.717, 1.165) is 32.5 Å². The second kappa shape index (κ2) is 5.64. The van der Waals surface area contributed by atoms with Crippen molar-refractivity contribution in [2.24, 2.45) is 5.92 Å². The summed E-state index contributed by atoms with van der Waals surface area (Å²) >= 11 is 0. The highest BCUT2D eigenvalue weighted by Crippen LogP contribution is 2.14. The Morgan fingerprint density at radius 3 is 3.00 bits per heavy atom. The number of nitrogens with one attached hydrogen (secondary N) is 2. The van der Waals surface area contributed by atoms with Crippen LogP contribution in [0.1, 0.15) is 25.7 Å². The molecule has 1 unspecified atom stereocenters. The Kier molecular flexibility index (Phi) is 4.18. The number of hydrogen-bond donors (Lipinski definition) is 2. The minimum absolute atomic E-state index is 0.0707. The third-order valence-corrected chi connectivity index (χ3v) is 3.66. The van der Waals surface area contributed by atoms with Crippen molar-refractivity contribution in [1.82, 2.24) is 15.5 Å². The first-order valence-electron chi connectivity index (χ1n) is 6.45. The maximum Gasteiger partial charge on any atom is 0.237 e. The Hall–Kier alpha value is -0.610. The van der Waals surface area contributed by atoms with E-state index in [0.29, 0.717) is 5.92 Å². The molecule has 2 fully saturated rings. The van der Waals surface area contributed by atoms with Crippen LogP contribution in [0.2, 0.25) is 0 Å². The molecule has 92 valence electrons. The van der Waals surface area contributed by atoms with Gasteiger partial charge in [-0.15, -0.1) is 0 Å². The summed E-state index contributed by atoms with van der Waals surface area (Å²) in [6.45, 7) is 4.17. The highest BCUT2D eigenvalue weighted by atomic mass is 16.2. The summed E-state index contributed by atoms with van der Waals surface area (Å²) in [4.78, 5) is 14.1. The fourth-order valence-corrected chi connectivity index (χ4v) is 2.72. The second-order valence-corrected chi connectivity index (χ2v) is 5.16. The average Bonchev–Trinajstić information content (AvgIpc) is 2.79. The number of rotatable bonds is 3. The molecule has 2 heterocycles. The normalized spacial score (nSPS) is 31.6. The van der Waals surface area contributed by atoms with E-state index in [2.05, 4.69) is 22.6 Å². The van der Waals surface area contributed by atoms with E-state index in [1.165, 1.54) is 19.4 Å². The molecule has 0 radical (unpaired) electrons. The molecule has 4 heteroatoms. The van der Waals surface area contributed by atoms with Gasteiger partial charge in [-0.3, -0.25) is 4.79 Å². The zero-order valence-electron chi connectivity index (χ0n) is 10.2. The van der Waals surface area contributed by atoms with Crippen molar-refractivity contribution in [2.45, 2.75) is 31.7 Å². The number of carbonyl (C=O) groups is 1. The Labute approximate surface area is 97.8 Å². The van der Waals surface area contributed by atoms with Gasteiger partial charge in [-0.1, -0.05) is 0 Å². The summed E-state index contributed by atoms with van der Waals surface area (Å²) in [5.74, 6) is 0.842. The van der Waals surface area contributed by atoms with Crippen molar-refractivity contribution in [3.8, 4) is 0 Å². The maximum absolute atomic E-state index is 11.8. The summed E-state index contributed by atoms with van der Waals surface area (Å²) in [7, 11) is 2.16. The SMILES string of the molecule is CN1CCCC(CNC(=O)[C@@H]2CCCN2)C1. The van der Waals surface area contributed by atoms with E-state index in [-0.39, 0.29) is 11.9 Å². The van der Waals surface area contributed by atoms with Crippen molar-refractivity contribution >= 4 is 5.91 Å². The molecule has 2 atom stereocenters. The minimum atomic E-state index is 0.0707. The predicted molar refractivity (Wildman–Crippen MR) is 64.3 cm³/mol. The third-order valence-electron chi connectivity index (χ3n) is 3.66. The van der Waals surface area contributed by atoms with E-state index < -0.39 is 0 Å². The highest BCUT2D eigenvalue weighted by molar-refractivity contribution is 5.81. The molecule has 1 amide bonds. The molecule has 2 N–H and O–H groups in total. The molecule has 2 aliphatic rings. The maximum atomic E-state index is 11.8. The zero-order chi connectivity index (χ0) is 11.4. The van der Waals surface area contributed by atoms with Gasteiger partial charge in [-0.2, -0.15) is 0 Å². The average molecular weight is 225 g/mol. The third kappa shape index (κ3) is 3.19. The largest absolute Gasteiger partial charge is 0.354 e. The van der Waals surface area contributed by atoms with Gasteiger partial charge in [0.1, 0.15) is 0 Å². The van der Waals surface area contributed by atoms with Crippen molar-refractivity contribution in [1.29, 1.82) is 0 Å². The molecule has 4 nitrogen and oxygen atoms in total. The highest BCUT2D eigenvalue weighted by Gasteiger charge is 2.23. The minimum Gasteiger partial charge on any atom is -0.354 e. The predicted octanol–water partition coefficient (Wildman–Crippen LogP) is 0.196. The number of likely N-dealkylation sites (tertiary alicyclic amines) is 1. The van der Waals surface area contributed by atoms with Gasteiger partial charge in [-0.25, -0.2) is 0 Å². The van der Waals surface area contributed by atoms with Crippen LogP contribution in [0.25, 0.3) is 0 Å². The molecule has 0 aromatic carbocycles. The van der Waals surface area contributed by atoms with E-state index in [9.17, 15) is 4.79 Å². The van der Waals surface area contributed by atoms with Gasteiger partial charge in [0.05, 0.1) is 6.04 Å². The Morgan fingerprint density at radius 2 is 2.31 bits per heavy atom. The van der Waals surface area contributed by atoms with Crippen molar-refractivity contribution in [2.75, 3.05) is 33.2 Å². The number of carbonyl (C=O) groups excluding carboxylic acids is 1. The van der Waals surface area contributed by atoms with Crippen molar-refractivity contribution in [3.05, 3.63) is 0 Å². The quantitative estimate of drug-likeness (QED) is 0.721. The van der Waals surface area contributed by atoms with Crippen LogP contribution in [-0.4, -0.2) is 50.1 Å². The molecule has 2 rings (SSSR count). The van der Waals surface area contributed by atoms with E-state index in [1.807, 2.05) is 0 Å². The number of amides is 1. The molecule has 0 aromatic rings. The summed E-state index contributed by atoms with van der Waals surface area (Å²) in [6.07, 6.45) is 4.64. The van der Waals surface area contributed by atoms with Crippen LogP contribution in [0.5, 0.6) is 0 Å². The molecule has 0 aliphatic carbocycles. The Balaban J connectivity index is 1.67. The van der Waals surface area contributed by atoms with Crippen molar-refractivity contribution < 1.29 is 4.79 Å². The topological polar surface area (TPSA) is 44.4 Å². The molecule has 0 bridgehead atoms. The van der Waals surface area contributed by atoms with Crippen LogP contribution in [0, 0.1) is 5.92 Å². The molecule has 0 saturated carbocycles. The zero-order valence-corrected chi connectivity index (χ0v) is 10.2. The summed E-state index contributed by atoms with van der Waals surface area (Å²) in [5.41, 5.74) is 0. The van der Waals surface area contributed by atoms with Crippen molar-refractivity contribution in [3.63, 3.8) is 0 Å². The smallest absolute Gasteiger partial charge is 0.237 e. The monoisotopic (exact) mass is 225 g/mol. The van der Waals surface area contributed by atoms with Gasteiger partial charge in [0.15, 0.2) is 0 Å². The van der Waals surface area contributed by atoms with Gasteiger partial charge in [0.25, 0.3) is 0 Å². The van der Waals surface area contributed by atoms with Gasteiger partial charge >= 0.3 is 0 Å². The number of piperidine rings is 1. The van der Waals surface area contributed by atoms with E-state index in [4.69, 9.17) is 0 Å². The lowest BCUT2D eigenvalue weighted by Gasteiger charge is -2.30. The summed E-state index contributed by atoms with van der Waals surface area (Å²) in [5, 5.41) is 6.32. The molecule has 0 spiro atoms. The van der Waals surface area contributed by atoms with Gasteiger partial charge < -0.3 is 15.5 Å². The molecular weight excluding hydrogens is 202 g/mol. The summed E-state index contributed by atoms with van der Waals surface area (Å²) in [6, 6.07) is 0.0707. The summed E-state index contributed by atoms with van der Waals surface area (Å²) < 4.78 is 0. The van der Waals surface area contributed by atoms with Gasteiger partial charge in [0.2, 0.25) is 5.91 Å². The van der Waals surface area contributed by atoms with Crippen LogP contribution in [-0.2, 0) is 4.79 Å². The van der Waals surface area contributed by atoms with Gasteiger partial charge in [0, 0.05) is 13.1 Å². The fourth-order valence-electron chi connectivity index (χ4n) is 2.72. The first-order chi connectivity index (χ1) is 7.75. The van der Waals surface area contributed by atoms with Crippen LogP contribution in [0.15, 0.2) is 0 Å². The van der Waals surface area contributed by atoms with E-state index >= 15 is 0 Å². The molecule has 0 aromatic heterocycles. The van der Waals surface area contributed by atoms with Gasteiger partial charge in [-0.05, 0) is 51.7 Å². The molecular formula is C12H23N3O. The Morgan fingerprint density at radius 1 is 1.44 bits per heavy atom. The standard InChI is InChI=1S/C12H23N3O/c1-15-7-3-4-10(9-15)8-14-12(16)11-5-2-6-13-11/h10-11,13H,2-9H2,1H3,(H,14,16)/t10?,11-/m0/s1. The molecule has 2 saturated heterocycles. The lowest BCUT2D eigenvalue weighted by molar-refractivity contribution is -0.123. The molecule has 16 heavy (non-hydrogen) atoms. The van der Waals surface area contributed by atoms with Crippen LogP contribution < -0.4 is 10.6 Å². The molecule has 2 aliphatic heterocycles. The van der Waals surface area contributed by atoms with Crippen LogP contribution >= 0.6 is 0 Å². The Bertz CT molecular complexity index is 238. The first kappa shape index (κ1) is 11.9. The number of nitrogens with zero attached hydrogens (tertiary/aromatic N) is 1. The lowest BCUT2D eigenvalue weighted by atomic mass is 9.98.